The molecule has 0 radical (unpaired) electrons. The second kappa shape index (κ2) is 7.62. The Morgan fingerprint density at radius 3 is 2.86 bits per heavy atom. The number of anilines is 2. The first kappa shape index (κ1) is 19.1. The van der Waals surface area contributed by atoms with Crippen molar-refractivity contribution >= 4 is 51.2 Å². The largest absolute Gasteiger partial charge is 0.361 e. The number of aromatic nitrogens is 1. The van der Waals surface area contributed by atoms with E-state index < -0.39 is 4.92 Å². The molecule has 0 bridgehead atoms. The molecule has 0 aliphatic carbocycles. The molecular formula is C20H20Cl2N4O2. The topological polar surface area (TPSA) is 74.2 Å². The SMILES string of the molecule is CN1CCCC1Cc1c[nH]c2ccc(Nc3c([N+](=O)[O-])ccc(Cl)c3Cl)cc12. The summed E-state index contributed by atoms with van der Waals surface area (Å²) in [6.45, 7) is 1.14. The van der Waals surface area contributed by atoms with Crippen LogP contribution in [0.5, 0.6) is 0 Å². The lowest BCUT2D eigenvalue weighted by molar-refractivity contribution is -0.383. The zero-order valence-electron chi connectivity index (χ0n) is 15.3. The Labute approximate surface area is 172 Å². The highest BCUT2D eigenvalue weighted by molar-refractivity contribution is 6.44. The van der Waals surface area contributed by atoms with Gasteiger partial charge in [-0.3, -0.25) is 10.1 Å². The summed E-state index contributed by atoms with van der Waals surface area (Å²) in [6, 6.07) is 9.15. The van der Waals surface area contributed by atoms with Crippen LogP contribution in [0.4, 0.5) is 17.1 Å². The Bertz CT molecular complexity index is 1050. The lowest BCUT2D eigenvalue weighted by atomic mass is 10.0. The van der Waals surface area contributed by atoms with Crippen molar-refractivity contribution in [3.8, 4) is 0 Å². The van der Waals surface area contributed by atoms with Crippen LogP contribution in [0.2, 0.25) is 10.0 Å². The number of hydrogen-bond acceptors (Lipinski definition) is 4. The van der Waals surface area contributed by atoms with Crippen LogP contribution in [0.3, 0.4) is 0 Å². The van der Waals surface area contributed by atoms with Crippen LogP contribution < -0.4 is 5.32 Å². The molecule has 1 atom stereocenters. The average molecular weight is 419 g/mol. The fraction of sp³-hybridized carbons (Fsp3) is 0.300. The van der Waals surface area contributed by atoms with Gasteiger partial charge in [0.2, 0.25) is 0 Å². The Hall–Kier alpha value is -2.28. The summed E-state index contributed by atoms with van der Waals surface area (Å²) >= 11 is 12.3. The van der Waals surface area contributed by atoms with Crippen LogP contribution >= 0.6 is 23.2 Å². The highest BCUT2D eigenvalue weighted by Gasteiger charge is 2.23. The zero-order chi connectivity index (χ0) is 19.8. The Morgan fingerprint density at radius 1 is 1.32 bits per heavy atom. The average Bonchev–Trinajstić information content (AvgIpc) is 3.25. The molecule has 1 aromatic heterocycles. The van der Waals surface area contributed by atoms with Crippen molar-refractivity contribution < 1.29 is 4.92 Å². The second-order valence-corrected chi connectivity index (χ2v) is 7.98. The normalized spacial score (nSPS) is 17.3. The van der Waals surface area contributed by atoms with Crippen LogP contribution in [0.15, 0.2) is 36.5 Å². The third kappa shape index (κ3) is 3.55. The van der Waals surface area contributed by atoms with Crippen LogP contribution in [0, 0.1) is 10.1 Å². The van der Waals surface area contributed by atoms with Crippen molar-refractivity contribution in [1.82, 2.24) is 9.88 Å². The van der Waals surface area contributed by atoms with E-state index in [1.807, 2.05) is 18.2 Å². The summed E-state index contributed by atoms with van der Waals surface area (Å²) in [5.74, 6) is 0. The number of fused-ring (bicyclic) bond motifs is 1. The van der Waals surface area contributed by atoms with Crippen molar-refractivity contribution in [2.24, 2.45) is 0 Å². The van der Waals surface area contributed by atoms with Gasteiger partial charge in [-0.05, 0) is 62.7 Å². The summed E-state index contributed by atoms with van der Waals surface area (Å²) in [6.07, 6.45) is 5.45. The number of nitrogens with zero attached hydrogens (tertiary/aromatic N) is 2. The monoisotopic (exact) mass is 418 g/mol. The minimum absolute atomic E-state index is 0.114. The van der Waals surface area contributed by atoms with Crippen molar-refractivity contribution in [2.45, 2.75) is 25.3 Å². The van der Waals surface area contributed by atoms with E-state index in [-0.39, 0.29) is 21.4 Å². The van der Waals surface area contributed by atoms with E-state index in [9.17, 15) is 10.1 Å². The van der Waals surface area contributed by atoms with Gasteiger partial charge in [-0.25, -0.2) is 0 Å². The zero-order valence-corrected chi connectivity index (χ0v) is 16.8. The van der Waals surface area contributed by atoms with Crippen LogP contribution in [0.1, 0.15) is 18.4 Å². The standard InChI is InChI=1S/C20H20Cl2N4O2/c1-25-8-2-3-14(25)9-12-11-23-17-6-4-13(10-15(12)17)24-20-18(26(27)28)7-5-16(21)19(20)22/h4-7,10-11,14,23-24H,2-3,8-9H2,1H3. The molecule has 1 fully saturated rings. The molecule has 146 valence electrons. The molecule has 6 nitrogen and oxygen atoms in total. The molecular weight excluding hydrogens is 399 g/mol. The minimum atomic E-state index is -0.472. The number of hydrogen-bond donors (Lipinski definition) is 2. The van der Waals surface area contributed by atoms with Crippen LogP contribution in [0.25, 0.3) is 10.9 Å². The maximum atomic E-state index is 11.4. The van der Waals surface area contributed by atoms with E-state index in [1.165, 1.54) is 30.5 Å². The summed E-state index contributed by atoms with van der Waals surface area (Å²) in [5.41, 5.74) is 3.08. The number of halogens is 2. The Balaban J connectivity index is 1.68. The first-order chi connectivity index (χ1) is 13.4. The second-order valence-electron chi connectivity index (χ2n) is 7.19. The fourth-order valence-corrected chi connectivity index (χ4v) is 4.24. The van der Waals surface area contributed by atoms with E-state index in [4.69, 9.17) is 23.2 Å². The van der Waals surface area contributed by atoms with Crippen LogP contribution in [-0.2, 0) is 6.42 Å². The van der Waals surface area contributed by atoms with Crippen LogP contribution in [-0.4, -0.2) is 34.4 Å². The molecule has 2 heterocycles. The number of nitrogens with one attached hydrogen (secondary N) is 2. The number of rotatable bonds is 5. The molecule has 2 aromatic carbocycles. The third-order valence-corrected chi connectivity index (χ3v) is 6.24. The number of likely N-dealkylation sites (tertiary alicyclic amines) is 1. The first-order valence-corrected chi connectivity index (χ1v) is 9.89. The fourth-order valence-electron chi connectivity index (χ4n) is 3.87. The van der Waals surface area contributed by atoms with E-state index in [0.717, 1.165) is 29.6 Å². The van der Waals surface area contributed by atoms with Gasteiger partial charge in [0.05, 0.1) is 15.0 Å². The van der Waals surface area contributed by atoms with E-state index in [0.29, 0.717) is 6.04 Å². The lowest BCUT2D eigenvalue weighted by Gasteiger charge is -2.18. The molecule has 0 spiro atoms. The van der Waals surface area contributed by atoms with Crippen molar-refractivity contribution in [3.63, 3.8) is 0 Å². The molecule has 1 unspecified atom stereocenters. The van der Waals surface area contributed by atoms with Gasteiger partial charge < -0.3 is 15.2 Å². The van der Waals surface area contributed by atoms with Gasteiger partial charge in [0, 0.05) is 34.9 Å². The van der Waals surface area contributed by atoms with Gasteiger partial charge >= 0.3 is 0 Å². The lowest BCUT2D eigenvalue weighted by Crippen LogP contribution is -2.26. The van der Waals surface area contributed by atoms with Gasteiger partial charge in [0.1, 0.15) is 5.69 Å². The number of H-pyrrole nitrogens is 1. The van der Waals surface area contributed by atoms with Gasteiger partial charge in [-0.1, -0.05) is 23.2 Å². The molecule has 4 rings (SSSR count). The molecule has 0 saturated carbocycles. The summed E-state index contributed by atoms with van der Waals surface area (Å²) < 4.78 is 0. The maximum Gasteiger partial charge on any atom is 0.294 e. The molecule has 3 aromatic rings. The van der Waals surface area contributed by atoms with Gasteiger partial charge in [-0.15, -0.1) is 0 Å². The molecule has 28 heavy (non-hydrogen) atoms. The number of likely N-dealkylation sites (N-methyl/N-ethyl adjacent to an activating group) is 1. The molecule has 8 heteroatoms. The Morgan fingerprint density at radius 2 is 2.14 bits per heavy atom. The highest BCUT2D eigenvalue weighted by Crippen LogP contribution is 2.39. The predicted molar refractivity (Wildman–Crippen MR) is 114 cm³/mol. The van der Waals surface area contributed by atoms with E-state index in [1.54, 1.807) is 0 Å². The molecule has 1 aliphatic heterocycles. The molecule has 1 saturated heterocycles. The first-order valence-electron chi connectivity index (χ1n) is 9.13. The van der Waals surface area contributed by atoms with E-state index >= 15 is 0 Å². The quantitative estimate of drug-likeness (QED) is 0.407. The molecule has 2 N–H and O–H groups in total. The third-order valence-electron chi connectivity index (χ3n) is 5.43. The smallest absolute Gasteiger partial charge is 0.294 e. The Kier molecular flexibility index (Phi) is 5.19. The molecule has 1 aliphatic rings. The predicted octanol–water partition coefficient (Wildman–Crippen LogP) is 5.76. The minimum Gasteiger partial charge on any atom is -0.361 e. The van der Waals surface area contributed by atoms with Gasteiger partial charge in [0.25, 0.3) is 5.69 Å². The van der Waals surface area contributed by atoms with Gasteiger partial charge in [-0.2, -0.15) is 0 Å². The number of nitro groups is 1. The number of aromatic amines is 1. The van der Waals surface area contributed by atoms with Crippen molar-refractivity contribution in [3.05, 3.63) is 62.3 Å². The van der Waals surface area contributed by atoms with E-state index in [2.05, 4.69) is 28.4 Å². The van der Waals surface area contributed by atoms with Crippen molar-refractivity contribution in [2.75, 3.05) is 18.9 Å². The summed E-state index contributed by atoms with van der Waals surface area (Å²) in [4.78, 5) is 16.6. The van der Waals surface area contributed by atoms with Crippen molar-refractivity contribution in [1.29, 1.82) is 0 Å². The molecule has 0 amide bonds. The summed E-state index contributed by atoms with van der Waals surface area (Å²) in [5, 5.41) is 16.0. The summed E-state index contributed by atoms with van der Waals surface area (Å²) in [7, 11) is 2.17. The number of nitro benzene ring substituents is 1. The maximum absolute atomic E-state index is 11.4. The highest BCUT2D eigenvalue weighted by atomic mass is 35.5. The number of benzene rings is 2. The van der Waals surface area contributed by atoms with Gasteiger partial charge in [0.15, 0.2) is 0 Å².